The van der Waals surface area contributed by atoms with Gasteiger partial charge in [-0.1, -0.05) is 39.0 Å². The predicted octanol–water partition coefficient (Wildman–Crippen LogP) is 4.19. The van der Waals surface area contributed by atoms with Crippen LogP contribution in [0.1, 0.15) is 40.0 Å². The summed E-state index contributed by atoms with van der Waals surface area (Å²) in [5, 5.41) is 0. The second kappa shape index (κ2) is 2.78. The van der Waals surface area contributed by atoms with Crippen LogP contribution in [0.5, 0.6) is 0 Å². The van der Waals surface area contributed by atoms with Gasteiger partial charge >= 0.3 is 0 Å². The fourth-order valence-corrected chi connectivity index (χ4v) is 4.35. The fraction of sp³-hybridized carbons (Fsp3) is 0.733. The Balaban J connectivity index is 1.98. The summed E-state index contributed by atoms with van der Waals surface area (Å²) in [6.45, 7) is 11.7. The lowest BCUT2D eigenvalue weighted by molar-refractivity contribution is 0.355. The summed E-state index contributed by atoms with van der Waals surface area (Å²) in [6.07, 6.45) is 6.41. The third kappa shape index (κ3) is 1.14. The molecule has 0 aromatic heterocycles. The first-order chi connectivity index (χ1) is 7.03. The van der Waals surface area contributed by atoms with E-state index in [1.165, 1.54) is 24.8 Å². The van der Waals surface area contributed by atoms with Crippen molar-refractivity contribution in [2.24, 2.45) is 29.1 Å². The number of fused-ring (bicyclic) bond motifs is 3. The van der Waals surface area contributed by atoms with E-state index in [0.29, 0.717) is 5.41 Å². The fourth-order valence-electron chi connectivity index (χ4n) is 4.35. The van der Waals surface area contributed by atoms with E-state index in [1.54, 1.807) is 5.57 Å². The summed E-state index contributed by atoms with van der Waals surface area (Å²) in [5.41, 5.74) is 3.70. The summed E-state index contributed by atoms with van der Waals surface area (Å²) in [5.74, 6) is 3.65. The smallest absolute Gasteiger partial charge is 0.00975 e. The van der Waals surface area contributed by atoms with Crippen molar-refractivity contribution in [1.82, 2.24) is 0 Å². The molecule has 0 bridgehead atoms. The molecule has 4 atom stereocenters. The van der Waals surface area contributed by atoms with Crippen LogP contribution in [0.2, 0.25) is 0 Å². The van der Waals surface area contributed by atoms with Crippen molar-refractivity contribution in [3.63, 3.8) is 0 Å². The molecule has 0 N–H and O–H groups in total. The third-order valence-electron chi connectivity index (χ3n) is 5.37. The van der Waals surface area contributed by atoms with E-state index in [4.69, 9.17) is 0 Å². The minimum Gasteiger partial charge on any atom is -0.0956 e. The number of hydrogen-bond donors (Lipinski definition) is 0. The summed E-state index contributed by atoms with van der Waals surface area (Å²) in [6, 6.07) is 0. The molecular formula is C15H22. The lowest BCUT2D eigenvalue weighted by atomic mass is 9.82. The van der Waals surface area contributed by atoms with Crippen LogP contribution < -0.4 is 0 Å². The average Bonchev–Trinajstić information content (AvgIpc) is 2.55. The molecule has 3 aliphatic carbocycles. The van der Waals surface area contributed by atoms with Gasteiger partial charge in [0.25, 0.3) is 0 Å². The highest BCUT2D eigenvalue weighted by Gasteiger charge is 2.62. The molecule has 0 aliphatic heterocycles. The minimum absolute atomic E-state index is 0.614. The molecule has 0 aromatic rings. The quantitative estimate of drug-likeness (QED) is 0.552. The predicted molar refractivity (Wildman–Crippen MR) is 64.5 cm³/mol. The highest BCUT2D eigenvalue weighted by molar-refractivity contribution is 5.39. The Bertz CT molecular complexity index is 345. The molecule has 3 rings (SSSR count). The Labute approximate surface area is 93.5 Å². The molecule has 0 radical (unpaired) electrons. The van der Waals surface area contributed by atoms with Gasteiger partial charge in [0, 0.05) is 0 Å². The molecule has 0 nitrogen and oxygen atoms in total. The van der Waals surface area contributed by atoms with Gasteiger partial charge in [0.2, 0.25) is 0 Å². The Kier molecular flexibility index (Phi) is 1.80. The Hall–Kier alpha value is -0.520. The van der Waals surface area contributed by atoms with Gasteiger partial charge < -0.3 is 0 Å². The van der Waals surface area contributed by atoms with E-state index in [0.717, 1.165) is 23.7 Å². The molecule has 82 valence electrons. The van der Waals surface area contributed by atoms with Crippen LogP contribution in [-0.4, -0.2) is 0 Å². The minimum atomic E-state index is 0.614. The van der Waals surface area contributed by atoms with E-state index in [-0.39, 0.29) is 0 Å². The highest BCUT2D eigenvalue weighted by Crippen LogP contribution is 2.69. The maximum atomic E-state index is 4.29. The first-order valence-corrected chi connectivity index (χ1v) is 6.41. The van der Waals surface area contributed by atoms with E-state index >= 15 is 0 Å². The van der Waals surface area contributed by atoms with E-state index in [2.05, 4.69) is 33.4 Å². The summed E-state index contributed by atoms with van der Waals surface area (Å²) in [4.78, 5) is 0. The topological polar surface area (TPSA) is 0 Å². The second-order valence-electron chi connectivity index (χ2n) is 6.49. The molecule has 2 fully saturated rings. The standard InChI is InChI=1S/C15H22/c1-9-6-8-12-14(15(12,3)4)13-10(2)5-7-11(9)13/h7,10,12-14H,1,5-6,8H2,2-4H3. The van der Waals surface area contributed by atoms with Gasteiger partial charge in [-0.15, -0.1) is 0 Å². The van der Waals surface area contributed by atoms with E-state index in [9.17, 15) is 0 Å². The van der Waals surface area contributed by atoms with Crippen molar-refractivity contribution < 1.29 is 0 Å². The first kappa shape index (κ1) is 9.69. The molecule has 0 aromatic carbocycles. The largest absolute Gasteiger partial charge is 0.0956 e. The zero-order valence-electron chi connectivity index (χ0n) is 10.2. The zero-order valence-corrected chi connectivity index (χ0v) is 10.2. The molecule has 2 saturated carbocycles. The normalized spacial score (nSPS) is 46.6. The molecule has 0 amide bonds. The number of rotatable bonds is 0. The summed E-state index contributed by atoms with van der Waals surface area (Å²) >= 11 is 0. The summed E-state index contributed by atoms with van der Waals surface area (Å²) in [7, 11) is 0. The van der Waals surface area contributed by atoms with Crippen LogP contribution in [0.4, 0.5) is 0 Å². The van der Waals surface area contributed by atoms with Crippen molar-refractivity contribution in [3.05, 3.63) is 23.8 Å². The van der Waals surface area contributed by atoms with Crippen LogP contribution in [-0.2, 0) is 0 Å². The second-order valence-corrected chi connectivity index (χ2v) is 6.49. The van der Waals surface area contributed by atoms with Crippen molar-refractivity contribution in [2.75, 3.05) is 0 Å². The van der Waals surface area contributed by atoms with Crippen LogP contribution in [0.15, 0.2) is 23.8 Å². The van der Waals surface area contributed by atoms with Crippen LogP contribution in [0, 0.1) is 29.1 Å². The molecular weight excluding hydrogens is 180 g/mol. The van der Waals surface area contributed by atoms with Gasteiger partial charge in [0.05, 0.1) is 0 Å². The van der Waals surface area contributed by atoms with Gasteiger partial charge in [0.1, 0.15) is 0 Å². The maximum Gasteiger partial charge on any atom is -0.00975 e. The van der Waals surface area contributed by atoms with Crippen molar-refractivity contribution >= 4 is 0 Å². The monoisotopic (exact) mass is 202 g/mol. The Morgan fingerprint density at radius 2 is 2.13 bits per heavy atom. The molecule has 3 aliphatic rings. The van der Waals surface area contributed by atoms with Crippen LogP contribution >= 0.6 is 0 Å². The highest BCUT2D eigenvalue weighted by atomic mass is 14.7. The van der Waals surface area contributed by atoms with Crippen molar-refractivity contribution in [2.45, 2.75) is 40.0 Å². The zero-order chi connectivity index (χ0) is 10.8. The lowest BCUT2D eigenvalue weighted by Crippen LogP contribution is -2.14. The SMILES string of the molecule is C=C1CCC2C(C3C1=CCC3C)C2(C)C. The van der Waals surface area contributed by atoms with Crippen LogP contribution in [0.3, 0.4) is 0 Å². The third-order valence-corrected chi connectivity index (χ3v) is 5.37. The number of allylic oxidation sites excluding steroid dienone is 3. The molecule has 0 heteroatoms. The molecule has 4 unspecified atom stereocenters. The molecule has 0 spiro atoms. The van der Waals surface area contributed by atoms with Gasteiger partial charge in [-0.2, -0.15) is 0 Å². The van der Waals surface area contributed by atoms with Crippen molar-refractivity contribution in [3.8, 4) is 0 Å². The molecule has 0 saturated heterocycles. The van der Waals surface area contributed by atoms with Gasteiger partial charge in [-0.3, -0.25) is 0 Å². The van der Waals surface area contributed by atoms with E-state index < -0.39 is 0 Å². The van der Waals surface area contributed by atoms with Crippen molar-refractivity contribution in [1.29, 1.82) is 0 Å². The summed E-state index contributed by atoms with van der Waals surface area (Å²) < 4.78 is 0. The maximum absolute atomic E-state index is 4.29. The van der Waals surface area contributed by atoms with E-state index in [1.807, 2.05) is 0 Å². The Morgan fingerprint density at radius 1 is 1.40 bits per heavy atom. The van der Waals surface area contributed by atoms with Gasteiger partial charge in [0.15, 0.2) is 0 Å². The number of hydrogen-bond acceptors (Lipinski definition) is 0. The molecule has 15 heavy (non-hydrogen) atoms. The lowest BCUT2D eigenvalue weighted by Gasteiger charge is -2.22. The van der Waals surface area contributed by atoms with Gasteiger partial charge in [-0.05, 0) is 53.9 Å². The Morgan fingerprint density at radius 3 is 2.87 bits per heavy atom. The van der Waals surface area contributed by atoms with Gasteiger partial charge in [-0.25, -0.2) is 0 Å². The molecule has 0 heterocycles. The van der Waals surface area contributed by atoms with Crippen LogP contribution in [0.25, 0.3) is 0 Å². The first-order valence-electron chi connectivity index (χ1n) is 6.41. The average molecular weight is 202 g/mol.